The molecule has 0 saturated carbocycles. The quantitative estimate of drug-likeness (QED) is 0.656. The van der Waals surface area contributed by atoms with Crippen LogP contribution in [0.5, 0.6) is 0 Å². The Bertz CT molecular complexity index is 299. The van der Waals surface area contributed by atoms with Crippen molar-refractivity contribution in [2.75, 3.05) is 26.8 Å². The van der Waals surface area contributed by atoms with Crippen LogP contribution < -0.4 is 0 Å². The lowest BCUT2D eigenvalue weighted by Gasteiger charge is -2.21. The third-order valence-electron chi connectivity index (χ3n) is 2.93. The number of nitrogens with zero attached hydrogens (tertiary/aromatic N) is 1. The fourth-order valence-corrected chi connectivity index (χ4v) is 1.81. The van der Waals surface area contributed by atoms with Crippen molar-refractivity contribution >= 4 is 0 Å². The molecule has 2 nitrogen and oxygen atoms in total. The molecule has 0 atom stereocenters. The molecule has 0 bridgehead atoms. The third-order valence-corrected chi connectivity index (χ3v) is 2.93. The third kappa shape index (κ3) is 4.33. The highest BCUT2D eigenvalue weighted by molar-refractivity contribution is 5.25. The second-order valence-corrected chi connectivity index (χ2v) is 4.14. The van der Waals surface area contributed by atoms with Crippen molar-refractivity contribution < 1.29 is 4.74 Å². The minimum atomic E-state index is 0.851. The van der Waals surface area contributed by atoms with Gasteiger partial charge < -0.3 is 4.74 Å². The van der Waals surface area contributed by atoms with E-state index in [0.717, 1.165) is 32.7 Å². The first kappa shape index (κ1) is 13.2. The van der Waals surface area contributed by atoms with Crippen LogP contribution in [-0.2, 0) is 11.3 Å². The van der Waals surface area contributed by atoms with Crippen LogP contribution in [0.1, 0.15) is 24.5 Å². The number of hydrogen-bond donors (Lipinski definition) is 0. The van der Waals surface area contributed by atoms with E-state index >= 15 is 0 Å². The van der Waals surface area contributed by atoms with Gasteiger partial charge in [0.25, 0.3) is 0 Å². The van der Waals surface area contributed by atoms with Gasteiger partial charge in [0.1, 0.15) is 0 Å². The molecule has 0 aliphatic carbocycles. The summed E-state index contributed by atoms with van der Waals surface area (Å²) in [6, 6.07) is 8.61. The summed E-state index contributed by atoms with van der Waals surface area (Å²) in [4.78, 5) is 2.46. The fraction of sp³-hybridized carbons (Fsp3) is 0.571. The zero-order chi connectivity index (χ0) is 11.8. The van der Waals surface area contributed by atoms with E-state index in [9.17, 15) is 0 Å². The highest BCUT2D eigenvalue weighted by Crippen LogP contribution is 2.10. The summed E-state index contributed by atoms with van der Waals surface area (Å²) in [6.07, 6.45) is 1.11. The number of aryl methyl sites for hydroxylation is 1. The van der Waals surface area contributed by atoms with Gasteiger partial charge in [-0.25, -0.2) is 0 Å². The number of ether oxygens (including phenoxy) is 1. The Balaban J connectivity index is 2.46. The summed E-state index contributed by atoms with van der Waals surface area (Å²) in [5, 5.41) is 0. The fourth-order valence-electron chi connectivity index (χ4n) is 1.81. The van der Waals surface area contributed by atoms with E-state index < -0.39 is 0 Å². The van der Waals surface area contributed by atoms with Gasteiger partial charge in [-0.2, -0.15) is 0 Å². The molecule has 0 aliphatic heterocycles. The molecule has 0 unspecified atom stereocenters. The Morgan fingerprint density at radius 3 is 2.62 bits per heavy atom. The summed E-state index contributed by atoms with van der Waals surface area (Å²) < 4.78 is 5.08. The topological polar surface area (TPSA) is 12.5 Å². The van der Waals surface area contributed by atoms with Gasteiger partial charge in [-0.1, -0.05) is 31.2 Å². The molecule has 2 heteroatoms. The molecule has 0 N–H and O–H groups in total. The molecule has 16 heavy (non-hydrogen) atoms. The van der Waals surface area contributed by atoms with Crippen LogP contribution in [0.15, 0.2) is 24.3 Å². The van der Waals surface area contributed by atoms with Crippen LogP contribution in [0.4, 0.5) is 0 Å². The van der Waals surface area contributed by atoms with E-state index in [-0.39, 0.29) is 0 Å². The van der Waals surface area contributed by atoms with E-state index in [1.54, 1.807) is 7.11 Å². The molecule has 0 heterocycles. The van der Waals surface area contributed by atoms with E-state index in [4.69, 9.17) is 4.74 Å². The number of benzene rings is 1. The number of rotatable bonds is 7. The average Bonchev–Trinajstić information content (AvgIpc) is 2.30. The Labute approximate surface area is 99.2 Å². The maximum Gasteiger partial charge on any atom is 0.0474 e. The largest absolute Gasteiger partial charge is 0.385 e. The van der Waals surface area contributed by atoms with Crippen molar-refractivity contribution in [1.82, 2.24) is 4.90 Å². The number of methoxy groups -OCH3 is 1. The Morgan fingerprint density at radius 2 is 2.00 bits per heavy atom. The van der Waals surface area contributed by atoms with Crippen molar-refractivity contribution in [2.24, 2.45) is 0 Å². The van der Waals surface area contributed by atoms with Gasteiger partial charge in [-0.05, 0) is 31.0 Å². The second kappa shape index (κ2) is 7.42. The smallest absolute Gasteiger partial charge is 0.0474 e. The molecule has 1 aromatic carbocycles. The Kier molecular flexibility index (Phi) is 6.12. The van der Waals surface area contributed by atoms with Crippen LogP contribution in [-0.4, -0.2) is 31.7 Å². The standard InChI is InChI=1S/C14H23NO/c1-4-15(10-7-11-16-3)12-14-9-6-5-8-13(14)2/h5-6,8-9H,4,7,10-12H2,1-3H3. The van der Waals surface area contributed by atoms with Crippen LogP contribution in [0.25, 0.3) is 0 Å². The van der Waals surface area contributed by atoms with Gasteiger partial charge >= 0.3 is 0 Å². The zero-order valence-corrected chi connectivity index (χ0v) is 10.7. The molecule has 0 fully saturated rings. The first-order valence-electron chi connectivity index (χ1n) is 6.03. The van der Waals surface area contributed by atoms with Gasteiger partial charge in [0.2, 0.25) is 0 Å². The van der Waals surface area contributed by atoms with E-state index in [1.807, 2.05) is 0 Å². The van der Waals surface area contributed by atoms with Crippen LogP contribution in [0, 0.1) is 6.92 Å². The molecular formula is C14H23NO. The van der Waals surface area contributed by atoms with Crippen LogP contribution in [0.3, 0.4) is 0 Å². The van der Waals surface area contributed by atoms with Crippen molar-refractivity contribution in [1.29, 1.82) is 0 Å². The maximum absolute atomic E-state index is 5.08. The first-order chi connectivity index (χ1) is 7.77. The first-order valence-corrected chi connectivity index (χ1v) is 6.03. The van der Waals surface area contributed by atoms with Gasteiger partial charge in [0, 0.05) is 26.8 Å². The summed E-state index contributed by atoms with van der Waals surface area (Å²) in [7, 11) is 1.76. The summed E-state index contributed by atoms with van der Waals surface area (Å²) >= 11 is 0. The molecule has 0 saturated heterocycles. The molecule has 1 aromatic rings. The van der Waals surface area contributed by atoms with Gasteiger partial charge in [0.05, 0.1) is 0 Å². The lowest BCUT2D eigenvalue weighted by molar-refractivity contribution is 0.171. The monoisotopic (exact) mass is 221 g/mol. The van der Waals surface area contributed by atoms with Gasteiger partial charge in [-0.15, -0.1) is 0 Å². The Hall–Kier alpha value is -0.860. The van der Waals surface area contributed by atoms with Crippen molar-refractivity contribution in [2.45, 2.75) is 26.8 Å². The normalized spacial score (nSPS) is 11.0. The predicted octanol–water partition coefficient (Wildman–Crippen LogP) is 2.85. The highest BCUT2D eigenvalue weighted by Gasteiger charge is 2.04. The van der Waals surface area contributed by atoms with Crippen LogP contribution in [0.2, 0.25) is 0 Å². The molecule has 0 aromatic heterocycles. The summed E-state index contributed by atoms with van der Waals surface area (Å²) in [5.41, 5.74) is 2.81. The van der Waals surface area contributed by atoms with Crippen molar-refractivity contribution in [3.05, 3.63) is 35.4 Å². The van der Waals surface area contributed by atoms with Crippen molar-refractivity contribution in [3.63, 3.8) is 0 Å². The summed E-state index contributed by atoms with van der Waals surface area (Å²) in [5.74, 6) is 0. The average molecular weight is 221 g/mol. The minimum absolute atomic E-state index is 0.851. The number of hydrogen-bond acceptors (Lipinski definition) is 2. The SMILES string of the molecule is CCN(CCCOC)Cc1ccccc1C. The van der Waals surface area contributed by atoms with Crippen LogP contribution >= 0.6 is 0 Å². The second-order valence-electron chi connectivity index (χ2n) is 4.14. The van der Waals surface area contributed by atoms with E-state index in [1.165, 1.54) is 11.1 Å². The maximum atomic E-state index is 5.08. The lowest BCUT2D eigenvalue weighted by atomic mass is 10.1. The lowest BCUT2D eigenvalue weighted by Crippen LogP contribution is -2.25. The summed E-state index contributed by atoms with van der Waals surface area (Å²) in [6.45, 7) is 8.50. The van der Waals surface area contributed by atoms with Gasteiger partial charge in [-0.3, -0.25) is 4.90 Å². The molecule has 1 rings (SSSR count). The molecule has 0 amide bonds. The van der Waals surface area contributed by atoms with Crippen molar-refractivity contribution in [3.8, 4) is 0 Å². The zero-order valence-electron chi connectivity index (χ0n) is 10.7. The molecular weight excluding hydrogens is 198 g/mol. The predicted molar refractivity (Wildman–Crippen MR) is 68.6 cm³/mol. The minimum Gasteiger partial charge on any atom is -0.385 e. The molecule has 0 aliphatic rings. The molecule has 0 radical (unpaired) electrons. The van der Waals surface area contributed by atoms with E-state index in [0.29, 0.717) is 0 Å². The van der Waals surface area contributed by atoms with Gasteiger partial charge in [0.15, 0.2) is 0 Å². The molecule has 0 spiro atoms. The highest BCUT2D eigenvalue weighted by atomic mass is 16.5. The van der Waals surface area contributed by atoms with E-state index in [2.05, 4.69) is 43.0 Å². The molecule has 90 valence electrons. The Morgan fingerprint density at radius 1 is 1.25 bits per heavy atom.